The van der Waals surface area contributed by atoms with Crippen LogP contribution in [0.25, 0.3) is 0 Å². The SMILES string of the molecule is CC(OC(=O)CCSc1ccccc1)C(=O)NCc1ccccc1. The molecule has 0 aliphatic heterocycles. The number of esters is 1. The van der Waals surface area contributed by atoms with E-state index in [2.05, 4.69) is 5.32 Å². The van der Waals surface area contributed by atoms with Crippen molar-refractivity contribution in [1.82, 2.24) is 5.32 Å². The lowest BCUT2D eigenvalue weighted by Gasteiger charge is -2.13. The maximum absolute atomic E-state index is 12.0. The van der Waals surface area contributed by atoms with Crippen LogP contribution in [0, 0.1) is 0 Å². The Hall–Kier alpha value is -2.27. The first-order chi connectivity index (χ1) is 11.6. The van der Waals surface area contributed by atoms with Crippen LogP contribution in [-0.2, 0) is 20.9 Å². The average Bonchev–Trinajstić information content (AvgIpc) is 2.61. The summed E-state index contributed by atoms with van der Waals surface area (Å²) in [5.41, 5.74) is 1.00. The minimum Gasteiger partial charge on any atom is -0.453 e. The van der Waals surface area contributed by atoms with Gasteiger partial charge in [0.15, 0.2) is 6.10 Å². The number of ether oxygens (including phenoxy) is 1. The number of hydrogen-bond donors (Lipinski definition) is 1. The van der Waals surface area contributed by atoms with Crippen molar-refractivity contribution in [3.05, 3.63) is 66.2 Å². The standard InChI is InChI=1S/C19H21NO3S/c1-15(19(22)20-14-16-8-4-2-5-9-16)23-18(21)12-13-24-17-10-6-3-7-11-17/h2-11,15H,12-14H2,1H3,(H,20,22). The van der Waals surface area contributed by atoms with Crippen molar-refractivity contribution in [1.29, 1.82) is 0 Å². The number of amides is 1. The molecule has 1 unspecified atom stereocenters. The highest BCUT2D eigenvalue weighted by Gasteiger charge is 2.17. The molecule has 0 bridgehead atoms. The highest BCUT2D eigenvalue weighted by molar-refractivity contribution is 7.99. The predicted octanol–water partition coefficient (Wildman–Crippen LogP) is 3.42. The molecule has 1 atom stereocenters. The Labute approximate surface area is 146 Å². The first-order valence-electron chi connectivity index (χ1n) is 7.84. The van der Waals surface area contributed by atoms with Gasteiger partial charge in [-0.25, -0.2) is 0 Å². The van der Waals surface area contributed by atoms with Crippen LogP contribution in [0.5, 0.6) is 0 Å². The quantitative estimate of drug-likeness (QED) is 0.589. The first-order valence-corrected chi connectivity index (χ1v) is 8.82. The van der Waals surface area contributed by atoms with Crippen LogP contribution in [0.15, 0.2) is 65.6 Å². The van der Waals surface area contributed by atoms with Crippen LogP contribution < -0.4 is 5.32 Å². The zero-order chi connectivity index (χ0) is 17.2. The summed E-state index contributed by atoms with van der Waals surface area (Å²) in [6.45, 7) is 2.01. The molecule has 0 aliphatic carbocycles. The van der Waals surface area contributed by atoms with Crippen LogP contribution in [0.2, 0.25) is 0 Å². The summed E-state index contributed by atoms with van der Waals surface area (Å²) in [4.78, 5) is 24.9. The Kier molecular flexibility index (Phi) is 7.36. The lowest BCUT2D eigenvalue weighted by Crippen LogP contribution is -2.35. The number of nitrogens with one attached hydrogen (secondary N) is 1. The van der Waals surface area contributed by atoms with Crippen molar-refractivity contribution in [2.24, 2.45) is 0 Å². The van der Waals surface area contributed by atoms with Gasteiger partial charge in [0, 0.05) is 17.2 Å². The van der Waals surface area contributed by atoms with Crippen molar-refractivity contribution < 1.29 is 14.3 Å². The molecule has 0 saturated carbocycles. The van der Waals surface area contributed by atoms with E-state index in [0.717, 1.165) is 10.5 Å². The summed E-state index contributed by atoms with van der Waals surface area (Å²) in [5, 5.41) is 2.76. The van der Waals surface area contributed by atoms with E-state index in [1.807, 2.05) is 60.7 Å². The smallest absolute Gasteiger partial charge is 0.307 e. The van der Waals surface area contributed by atoms with Gasteiger partial charge < -0.3 is 10.1 Å². The molecule has 0 aliphatic rings. The van der Waals surface area contributed by atoms with Gasteiger partial charge in [-0.15, -0.1) is 11.8 Å². The van der Waals surface area contributed by atoms with Crippen LogP contribution in [0.3, 0.4) is 0 Å². The number of rotatable bonds is 8. The molecule has 4 nitrogen and oxygen atoms in total. The van der Waals surface area contributed by atoms with Crippen LogP contribution in [-0.4, -0.2) is 23.7 Å². The maximum atomic E-state index is 12.0. The highest BCUT2D eigenvalue weighted by Crippen LogP contribution is 2.18. The van der Waals surface area contributed by atoms with Gasteiger partial charge in [0.1, 0.15) is 0 Å². The topological polar surface area (TPSA) is 55.4 Å². The van der Waals surface area contributed by atoms with Gasteiger partial charge >= 0.3 is 5.97 Å². The van der Waals surface area contributed by atoms with Crippen molar-refractivity contribution in [3.63, 3.8) is 0 Å². The van der Waals surface area contributed by atoms with E-state index in [9.17, 15) is 9.59 Å². The van der Waals surface area contributed by atoms with E-state index >= 15 is 0 Å². The third-order valence-corrected chi connectivity index (χ3v) is 4.32. The van der Waals surface area contributed by atoms with Gasteiger partial charge in [-0.2, -0.15) is 0 Å². The molecule has 0 fully saturated rings. The zero-order valence-corrected chi connectivity index (χ0v) is 14.4. The van der Waals surface area contributed by atoms with Crippen molar-refractivity contribution in [2.45, 2.75) is 30.9 Å². The van der Waals surface area contributed by atoms with E-state index in [4.69, 9.17) is 4.74 Å². The molecule has 1 N–H and O–H groups in total. The van der Waals surface area contributed by atoms with Crippen LogP contribution >= 0.6 is 11.8 Å². The fraction of sp³-hybridized carbons (Fsp3) is 0.263. The summed E-state index contributed by atoms with van der Waals surface area (Å²) in [7, 11) is 0. The van der Waals surface area contributed by atoms with E-state index in [0.29, 0.717) is 12.3 Å². The van der Waals surface area contributed by atoms with E-state index in [1.165, 1.54) is 0 Å². The molecule has 0 saturated heterocycles. The molecule has 2 rings (SSSR count). The normalized spacial score (nSPS) is 11.5. The van der Waals surface area contributed by atoms with Crippen LogP contribution in [0.4, 0.5) is 0 Å². The number of thioether (sulfide) groups is 1. The Morgan fingerprint density at radius 2 is 1.67 bits per heavy atom. The fourth-order valence-electron chi connectivity index (χ4n) is 2.01. The van der Waals surface area contributed by atoms with Gasteiger partial charge in [0.2, 0.25) is 0 Å². The number of benzene rings is 2. The first kappa shape index (κ1) is 18.1. The molecule has 126 valence electrons. The third-order valence-electron chi connectivity index (χ3n) is 3.31. The van der Waals surface area contributed by atoms with Crippen molar-refractivity contribution in [2.75, 3.05) is 5.75 Å². The van der Waals surface area contributed by atoms with Crippen molar-refractivity contribution in [3.8, 4) is 0 Å². The lowest BCUT2D eigenvalue weighted by molar-refractivity contribution is -0.154. The fourth-order valence-corrected chi connectivity index (χ4v) is 2.86. The van der Waals surface area contributed by atoms with Gasteiger partial charge in [0.25, 0.3) is 5.91 Å². The molecule has 0 radical (unpaired) electrons. The molecular formula is C19H21NO3S. The molecule has 5 heteroatoms. The minimum absolute atomic E-state index is 0.274. The van der Waals surface area contributed by atoms with Crippen molar-refractivity contribution >= 4 is 23.6 Å². The second-order valence-corrected chi connectivity index (χ2v) is 6.42. The van der Waals surface area contributed by atoms with Gasteiger partial charge in [0.05, 0.1) is 6.42 Å². The summed E-state index contributed by atoms with van der Waals surface area (Å²) in [6.07, 6.45) is -0.515. The molecule has 0 heterocycles. The van der Waals surface area contributed by atoms with E-state index in [1.54, 1.807) is 18.7 Å². The van der Waals surface area contributed by atoms with E-state index < -0.39 is 6.10 Å². The molecule has 2 aromatic carbocycles. The number of carbonyl (C=O) groups is 2. The van der Waals surface area contributed by atoms with Gasteiger partial charge in [-0.1, -0.05) is 48.5 Å². The monoisotopic (exact) mass is 343 g/mol. The van der Waals surface area contributed by atoms with Gasteiger partial charge in [-0.05, 0) is 24.6 Å². The Morgan fingerprint density at radius 3 is 2.33 bits per heavy atom. The molecule has 2 aromatic rings. The minimum atomic E-state index is -0.789. The Morgan fingerprint density at radius 1 is 1.04 bits per heavy atom. The number of hydrogen-bond acceptors (Lipinski definition) is 4. The van der Waals surface area contributed by atoms with Gasteiger partial charge in [-0.3, -0.25) is 9.59 Å². The summed E-state index contributed by atoms with van der Waals surface area (Å²) in [5.74, 6) is -0.0232. The Bertz CT molecular complexity index is 646. The summed E-state index contributed by atoms with van der Waals surface area (Å²) < 4.78 is 5.17. The maximum Gasteiger partial charge on any atom is 0.307 e. The third kappa shape index (κ3) is 6.46. The van der Waals surface area contributed by atoms with Crippen LogP contribution in [0.1, 0.15) is 18.9 Å². The highest BCUT2D eigenvalue weighted by atomic mass is 32.2. The molecular weight excluding hydrogens is 322 g/mol. The molecule has 0 aromatic heterocycles. The Balaban J connectivity index is 1.66. The molecule has 24 heavy (non-hydrogen) atoms. The molecule has 1 amide bonds. The summed E-state index contributed by atoms with van der Waals surface area (Å²) >= 11 is 1.59. The second kappa shape index (κ2) is 9.78. The van der Waals surface area contributed by atoms with E-state index in [-0.39, 0.29) is 18.3 Å². The average molecular weight is 343 g/mol. The lowest BCUT2D eigenvalue weighted by atomic mass is 10.2. The zero-order valence-electron chi connectivity index (χ0n) is 13.6. The largest absolute Gasteiger partial charge is 0.453 e. The molecule has 0 spiro atoms. The summed E-state index contributed by atoms with van der Waals surface area (Å²) in [6, 6.07) is 19.5. The predicted molar refractivity (Wildman–Crippen MR) is 95.6 cm³/mol. The number of carbonyl (C=O) groups excluding carboxylic acids is 2. The second-order valence-electron chi connectivity index (χ2n) is 5.25.